The Morgan fingerprint density at radius 1 is 1.86 bits per heavy atom. The summed E-state index contributed by atoms with van der Waals surface area (Å²) in [6, 6.07) is 0.333. The molecule has 0 fully saturated rings. The van der Waals surface area contributed by atoms with Crippen molar-refractivity contribution in [2.45, 2.75) is 13.0 Å². The number of nitrogens with zero attached hydrogens (tertiary/aromatic N) is 2. The molecule has 0 saturated carbocycles. The Balaban J connectivity index is 2.45. The van der Waals surface area contributed by atoms with E-state index in [-0.39, 0.29) is 0 Å². The van der Waals surface area contributed by atoms with E-state index in [4.69, 9.17) is 0 Å². The van der Waals surface area contributed by atoms with Crippen LogP contribution in [0, 0.1) is 0 Å². The van der Waals surface area contributed by atoms with Gasteiger partial charge in [-0.15, -0.1) is 5.06 Å². The lowest BCUT2D eigenvalue weighted by Gasteiger charge is -2.07. The van der Waals surface area contributed by atoms with Gasteiger partial charge in [0.25, 0.3) is 0 Å². The zero-order valence-electron chi connectivity index (χ0n) is 4.46. The standard InChI is InChI=1S/C4H8N2O/c1-4-3-5-7-6(4)2/h3-4H,1-2H3. The third kappa shape index (κ3) is 0.718. The molecular weight excluding hydrogens is 92.1 g/mol. The van der Waals surface area contributed by atoms with Crippen LogP contribution in [0.5, 0.6) is 0 Å². The number of hydrogen-bond acceptors (Lipinski definition) is 3. The average Bonchev–Trinajstić information content (AvgIpc) is 1.91. The molecule has 0 N–H and O–H groups in total. The van der Waals surface area contributed by atoms with E-state index in [9.17, 15) is 0 Å². The van der Waals surface area contributed by atoms with E-state index in [0.29, 0.717) is 6.04 Å². The van der Waals surface area contributed by atoms with Crippen LogP contribution in [0.25, 0.3) is 0 Å². The fourth-order valence-electron chi connectivity index (χ4n) is 0.358. The SMILES string of the molecule is CC1C=NON1C. The third-order valence-corrected chi connectivity index (χ3v) is 1.03. The molecule has 0 aliphatic carbocycles. The van der Waals surface area contributed by atoms with Crippen LogP contribution in [0.2, 0.25) is 0 Å². The molecule has 0 amide bonds. The predicted octanol–water partition coefficient (Wildman–Crippen LogP) is 0.238. The Hall–Kier alpha value is -0.570. The molecule has 1 unspecified atom stereocenters. The molecule has 1 aliphatic rings. The van der Waals surface area contributed by atoms with Crippen LogP contribution in [0.4, 0.5) is 0 Å². The van der Waals surface area contributed by atoms with Crippen LogP contribution < -0.4 is 0 Å². The topological polar surface area (TPSA) is 24.8 Å². The van der Waals surface area contributed by atoms with Crippen molar-refractivity contribution < 1.29 is 4.94 Å². The summed E-state index contributed by atoms with van der Waals surface area (Å²) in [7, 11) is 1.84. The van der Waals surface area contributed by atoms with Crippen LogP contribution >= 0.6 is 0 Å². The quantitative estimate of drug-likeness (QED) is 0.435. The minimum Gasteiger partial charge on any atom is -0.297 e. The van der Waals surface area contributed by atoms with Gasteiger partial charge in [-0.1, -0.05) is 5.16 Å². The van der Waals surface area contributed by atoms with E-state index in [2.05, 4.69) is 10.1 Å². The van der Waals surface area contributed by atoms with Crippen molar-refractivity contribution in [1.82, 2.24) is 5.06 Å². The first-order valence-electron chi connectivity index (χ1n) is 2.24. The van der Waals surface area contributed by atoms with E-state index in [1.807, 2.05) is 14.0 Å². The summed E-state index contributed by atoms with van der Waals surface area (Å²) in [5.41, 5.74) is 0. The Morgan fingerprint density at radius 2 is 2.57 bits per heavy atom. The van der Waals surface area contributed by atoms with E-state index >= 15 is 0 Å². The maximum atomic E-state index is 4.67. The number of hydroxylamine groups is 2. The summed E-state index contributed by atoms with van der Waals surface area (Å²) in [6.07, 6.45) is 1.75. The summed E-state index contributed by atoms with van der Waals surface area (Å²) >= 11 is 0. The Labute approximate surface area is 42.5 Å². The van der Waals surface area contributed by atoms with Gasteiger partial charge in [0.2, 0.25) is 0 Å². The van der Waals surface area contributed by atoms with Crippen LogP contribution in [-0.4, -0.2) is 24.4 Å². The van der Waals surface area contributed by atoms with Gasteiger partial charge >= 0.3 is 0 Å². The van der Waals surface area contributed by atoms with E-state index in [0.717, 1.165) is 0 Å². The maximum Gasteiger partial charge on any atom is 0.0838 e. The molecule has 0 aromatic carbocycles. The highest BCUT2D eigenvalue weighted by molar-refractivity contribution is 5.63. The highest BCUT2D eigenvalue weighted by Crippen LogP contribution is 1.99. The molecule has 0 aromatic heterocycles. The minimum atomic E-state index is 0.333. The van der Waals surface area contributed by atoms with Crippen molar-refractivity contribution in [1.29, 1.82) is 0 Å². The van der Waals surface area contributed by atoms with Gasteiger partial charge in [0.1, 0.15) is 0 Å². The summed E-state index contributed by atoms with van der Waals surface area (Å²) < 4.78 is 0. The zero-order valence-corrected chi connectivity index (χ0v) is 4.46. The molecule has 40 valence electrons. The highest BCUT2D eigenvalue weighted by atomic mass is 16.8. The molecule has 3 heteroatoms. The lowest BCUT2D eigenvalue weighted by molar-refractivity contribution is -0.128. The second-order valence-corrected chi connectivity index (χ2v) is 1.62. The fraction of sp³-hybridized carbons (Fsp3) is 0.750. The molecule has 1 atom stereocenters. The van der Waals surface area contributed by atoms with Crippen LogP contribution in [0.15, 0.2) is 5.16 Å². The lowest BCUT2D eigenvalue weighted by Crippen LogP contribution is -2.22. The Morgan fingerprint density at radius 3 is 2.71 bits per heavy atom. The van der Waals surface area contributed by atoms with Gasteiger partial charge < -0.3 is 0 Å². The molecule has 3 nitrogen and oxygen atoms in total. The monoisotopic (exact) mass is 100 g/mol. The molecule has 0 saturated heterocycles. The van der Waals surface area contributed by atoms with Gasteiger partial charge in [0.05, 0.1) is 12.3 Å². The predicted molar refractivity (Wildman–Crippen MR) is 26.8 cm³/mol. The molecule has 1 rings (SSSR count). The van der Waals surface area contributed by atoms with Gasteiger partial charge in [-0.3, -0.25) is 4.94 Å². The van der Waals surface area contributed by atoms with E-state index < -0.39 is 0 Å². The largest absolute Gasteiger partial charge is 0.297 e. The zero-order chi connectivity index (χ0) is 5.28. The molecule has 0 bridgehead atoms. The lowest BCUT2D eigenvalue weighted by atomic mass is 10.4. The van der Waals surface area contributed by atoms with Gasteiger partial charge in [-0.05, 0) is 6.92 Å². The van der Waals surface area contributed by atoms with Crippen molar-refractivity contribution in [3.05, 3.63) is 0 Å². The molecule has 0 aromatic rings. The van der Waals surface area contributed by atoms with Gasteiger partial charge in [0.15, 0.2) is 0 Å². The Kier molecular flexibility index (Phi) is 0.982. The van der Waals surface area contributed by atoms with E-state index in [1.54, 1.807) is 11.3 Å². The van der Waals surface area contributed by atoms with Crippen molar-refractivity contribution in [2.75, 3.05) is 7.05 Å². The van der Waals surface area contributed by atoms with E-state index in [1.165, 1.54) is 0 Å². The maximum absolute atomic E-state index is 4.67. The number of oxime groups is 1. The number of hydrogen-bond donors (Lipinski definition) is 0. The average molecular weight is 100 g/mol. The molecule has 1 aliphatic heterocycles. The minimum absolute atomic E-state index is 0.333. The summed E-state index contributed by atoms with van der Waals surface area (Å²) in [5.74, 6) is 0. The normalized spacial score (nSPS) is 30.9. The smallest absolute Gasteiger partial charge is 0.0838 e. The first kappa shape index (κ1) is 4.59. The first-order chi connectivity index (χ1) is 3.30. The fourth-order valence-corrected chi connectivity index (χ4v) is 0.358. The van der Waals surface area contributed by atoms with Gasteiger partial charge in [0, 0.05) is 7.05 Å². The molecular formula is C4H8N2O. The second-order valence-electron chi connectivity index (χ2n) is 1.62. The van der Waals surface area contributed by atoms with Crippen LogP contribution in [0.3, 0.4) is 0 Å². The Bertz CT molecular complexity index is 91.7. The molecule has 1 heterocycles. The molecule has 7 heavy (non-hydrogen) atoms. The number of rotatable bonds is 0. The van der Waals surface area contributed by atoms with Crippen molar-refractivity contribution in [2.24, 2.45) is 5.16 Å². The second kappa shape index (κ2) is 1.50. The first-order valence-corrected chi connectivity index (χ1v) is 2.24. The van der Waals surface area contributed by atoms with Gasteiger partial charge in [-0.25, -0.2) is 0 Å². The molecule has 0 radical (unpaired) electrons. The summed E-state index contributed by atoms with van der Waals surface area (Å²) in [5, 5.41) is 5.23. The molecule has 0 spiro atoms. The van der Waals surface area contributed by atoms with Crippen molar-refractivity contribution in [3.8, 4) is 0 Å². The summed E-state index contributed by atoms with van der Waals surface area (Å²) in [4.78, 5) is 4.67. The summed E-state index contributed by atoms with van der Waals surface area (Å²) in [6.45, 7) is 2.01. The van der Waals surface area contributed by atoms with Crippen molar-refractivity contribution >= 4 is 6.21 Å². The van der Waals surface area contributed by atoms with Crippen molar-refractivity contribution in [3.63, 3.8) is 0 Å². The van der Waals surface area contributed by atoms with Crippen LogP contribution in [0.1, 0.15) is 6.92 Å². The van der Waals surface area contributed by atoms with Gasteiger partial charge in [-0.2, -0.15) is 0 Å². The van der Waals surface area contributed by atoms with Crippen LogP contribution in [-0.2, 0) is 4.94 Å². The highest BCUT2D eigenvalue weighted by Gasteiger charge is 2.11. The third-order valence-electron chi connectivity index (χ3n) is 1.03.